The number of rotatable bonds is 5. The predicted molar refractivity (Wildman–Crippen MR) is 73.0 cm³/mol. The minimum absolute atomic E-state index is 0.225. The first-order valence-electron chi connectivity index (χ1n) is 6.71. The van der Waals surface area contributed by atoms with Gasteiger partial charge in [-0.05, 0) is 19.8 Å². The Kier molecular flexibility index (Phi) is 4.36. The van der Waals surface area contributed by atoms with Crippen LogP contribution in [0.25, 0.3) is 0 Å². The van der Waals surface area contributed by atoms with Crippen molar-refractivity contribution in [2.45, 2.75) is 39.2 Å². The van der Waals surface area contributed by atoms with Gasteiger partial charge in [0.2, 0.25) is 0 Å². The lowest BCUT2D eigenvalue weighted by atomic mass is 10.3. The maximum absolute atomic E-state index is 9.57. The summed E-state index contributed by atoms with van der Waals surface area (Å²) < 4.78 is 0. The Morgan fingerprint density at radius 2 is 2.33 bits per heavy atom. The van der Waals surface area contributed by atoms with Crippen LogP contribution in [0.3, 0.4) is 0 Å². The molecule has 5 heteroatoms. The number of nitrogens with zero attached hydrogens (tertiary/aromatic N) is 3. The fourth-order valence-electron chi connectivity index (χ4n) is 2.15. The smallest absolute Gasteiger partial charge is 0.134 e. The van der Waals surface area contributed by atoms with E-state index in [0.717, 1.165) is 43.4 Å². The molecule has 0 amide bonds. The van der Waals surface area contributed by atoms with Crippen molar-refractivity contribution in [2.24, 2.45) is 0 Å². The molecule has 2 N–H and O–H groups in total. The molecule has 2 heterocycles. The molecule has 0 aliphatic carbocycles. The van der Waals surface area contributed by atoms with Gasteiger partial charge in [-0.15, -0.1) is 0 Å². The van der Waals surface area contributed by atoms with Gasteiger partial charge in [0.1, 0.15) is 17.5 Å². The topological polar surface area (TPSA) is 61.3 Å². The Labute approximate surface area is 108 Å². The highest BCUT2D eigenvalue weighted by atomic mass is 16.3. The van der Waals surface area contributed by atoms with Crippen molar-refractivity contribution in [2.75, 3.05) is 29.9 Å². The summed E-state index contributed by atoms with van der Waals surface area (Å²) in [6.07, 6.45) is 2.90. The average molecular weight is 250 g/mol. The molecular weight excluding hydrogens is 228 g/mol. The highest BCUT2D eigenvalue weighted by Gasteiger charge is 2.21. The fourth-order valence-corrected chi connectivity index (χ4v) is 2.15. The summed E-state index contributed by atoms with van der Waals surface area (Å²) >= 11 is 0. The van der Waals surface area contributed by atoms with Crippen molar-refractivity contribution in [1.29, 1.82) is 0 Å². The zero-order valence-electron chi connectivity index (χ0n) is 11.2. The number of nitrogens with one attached hydrogen (secondary N) is 1. The Hall–Kier alpha value is -1.36. The molecule has 1 unspecified atom stereocenters. The average Bonchev–Trinajstić information content (AvgIpc) is 2.76. The molecule has 0 radical (unpaired) electrons. The van der Waals surface area contributed by atoms with Gasteiger partial charge in [-0.3, -0.25) is 0 Å². The number of aromatic nitrogens is 2. The standard InChI is InChI=1S/C13H22N4O/c1-3-4-6-14-12-8-13(16-10(2)15-12)17-7-5-11(18)9-17/h8,11,18H,3-7,9H2,1-2H3,(H,14,15,16). The van der Waals surface area contributed by atoms with Crippen molar-refractivity contribution in [3.8, 4) is 0 Å². The number of anilines is 2. The second-order valence-electron chi connectivity index (χ2n) is 4.83. The van der Waals surface area contributed by atoms with E-state index in [0.29, 0.717) is 6.54 Å². The van der Waals surface area contributed by atoms with E-state index < -0.39 is 0 Å². The maximum Gasteiger partial charge on any atom is 0.134 e. The van der Waals surface area contributed by atoms with Gasteiger partial charge in [0.05, 0.1) is 6.10 Å². The summed E-state index contributed by atoms with van der Waals surface area (Å²) in [4.78, 5) is 10.9. The molecule has 2 rings (SSSR count). The van der Waals surface area contributed by atoms with Crippen LogP contribution in [0.4, 0.5) is 11.6 Å². The molecule has 1 aliphatic rings. The van der Waals surface area contributed by atoms with E-state index in [1.165, 1.54) is 6.42 Å². The van der Waals surface area contributed by atoms with Gasteiger partial charge in [-0.1, -0.05) is 13.3 Å². The molecule has 18 heavy (non-hydrogen) atoms. The van der Waals surface area contributed by atoms with Crippen LogP contribution in [-0.2, 0) is 0 Å². The van der Waals surface area contributed by atoms with E-state index in [1.54, 1.807) is 0 Å². The molecule has 1 aromatic heterocycles. The van der Waals surface area contributed by atoms with Crippen LogP contribution in [0.5, 0.6) is 0 Å². The summed E-state index contributed by atoms with van der Waals surface area (Å²) in [7, 11) is 0. The summed E-state index contributed by atoms with van der Waals surface area (Å²) in [6, 6.07) is 1.97. The number of β-amino-alcohol motifs (C(OH)–C–C–N with tert-alkyl or cyclic N) is 1. The highest BCUT2D eigenvalue weighted by molar-refractivity contribution is 5.50. The molecule has 5 nitrogen and oxygen atoms in total. The van der Waals surface area contributed by atoms with Gasteiger partial charge < -0.3 is 15.3 Å². The van der Waals surface area contributed by atoms with E-state index in [-0.39, 0.29) is 6.10 Å². The quantitative estimate of drug-likeness (QED) is 0.777. The fraction of sp³-hybridized carbons (Fsp3) is 0.692. The number of unbranched alkanes of at least 4 members (excludes halogenated alkanes) is 1. The zero-order valence-corrected chi connectivity index (χ0v) is 11.2. The lowest BCUT2D eigenvalue weighted by Gasteiger charge is -2.18. The SMILES string of the molecule is CCCCNc1cc(N2CCC(O)C2)nc(C)n1. The number of aliphatic hydroxyl groups is 1. The molecule has 0 spiro atoms. The van der Waals surface area contributed by atoms with Crippen LogP contribution in [0.1, 0.15) is 32.0 Å². The zero-order chi connectivity index (χ0) is 13.0. The maximum atomic E-state index is 9.57. The van der Waals surface area contributed by atoms with Gasteiger partial charge in [0.25, 0.3) is 0 Å². The summed E-state index contributed by atoms with van der Waals surface area (Å²) in [5.41, 5.74) is 0. The number of aryl methyl sites for hydroxylation is 1. The molecule has 1 aromatic rings. The van der Waals surface area contributed by atoms with Crippen molar-refractivity contribution in [3.63, 3.8) is 0 Å². The van der Waals surface area contributed by atoms with E-state index in [2.05, 4.69) is 27.1 Å². The number of hydrogen-bond donors (Lipinski definition) is 2. The van der Waals surface area contributed by atoms with Gasteiger partial charge >= 0.3 is 0 Å². The predicted octanol–water partition coefficient (Wildman–Crippen LogP) is 1.57. The van der Waals surface area contributed by atoms with Gasteiger partial charge in [0, 0.05) is 25.7 Å². The molecule has 1 fully saturated rings. The van der Waals surface area contributed by atoms with Crippen LogP contribution in [0, 0.1) is 6.92 Å². The van der Waals surface area contributed by atoms with Gasteiger partial charge in [-0.2, -0.15) is 0 Å². The van der Waals surface area contributed by atoms with Crippen LogP contribution in [-0.4, -0.2) is 40.8 Å². The third-order valence-corrected chi connectivity index (χ3v) is 3.15. The van der Waals surface area contributed by atoms with Crippen molar-refractivity contribution >= 4 is 11.6 Å². The number of aliphatic hydroxyl groups excluding tert-OH is 1. The van der Waals surface area contributed by atoms with Crippen LogP contribution in [0.2, 0.25) is 0 Å². The molecule has 100 valence electrons. The molecular formula is C13H22N4O. The van der Waals surface area contributed by atoms with Crippen molar-refractivity contribution < 1.29 is 5.11 Å². The van der Waals surface area contributed by atoms with Crippen molar-refractivity contribution in [1.82, 2.24) is 9.97 Å². The van der Waals surface area contributed by atoms with Crippen molar-refractivity contribution in [3.05, 3.63) is 11.9 Å². The third-order valence-electron chi connectivity index (χ3n) is 3.15. The molecule has 0 bridgehead atoms. The van der Waals surface area contributed by atoms with E-state index in [9.17, 15) is 5.11 Å². The normalized spacial score (nSPS) is 19.3. The lowest BCUT2D eigenvalue weighted by Crippen LogP contribution is -2.23. The summed E-state index contributed by atoms with van der Waals surface area (Å²) in [6.45, 7) is 6.55. The minimum atomic E-state index is -0.225. The minimum Gasteiger partial charge on any atom is -0.391 e. The Bertz CT molecular complexity index is 397. The van der Waals surface area contributed by atoms with Crippen LogP contribution >= 0.6 is 0 Å². The second-order valence-corrected chi connectivity index (χ2v) is 4.83. The Balaban J connectivity index is 2.06. The Morgan fingerprint density at radius 1 is 1.50 bits per heavy atom. The molecule has 1 atom stereocenters. The molecule has 1 saturated heterocycles. The summed E-state index contributed by atoms with van der Waals surface area (Å²) in [5.74, 6) is 2.57. The summed E-state index contributed by atoms with van der Waals surface area (Å²) in [5, 5.41) is 12.9. The van der Waals surface area contributed by atoms with E-state index in [4.69, 9.17) is 0 Å². The van der Waals surface area contributed by atoms with Gasteiger partial charge in [0.15, 0.2) is 0 Å². The van der Waals surface area contributed by atoms with E-state index in [1.807, 2.05) is 13.0 Å². The Morgan fingerprint density at radius 3 is 3.00 bits per heavy atom. The van der Waals surface area contributed by atoms with E-state index >= 15 is 0 Å². The first-order valence-corrected chi connectivity index (χ1v) is 6.71. The molecule has 0 aromatic carbocycles. The van der Waals surface area contributed by atoms with Crippen LogP contribution < -0.4 is 10.2 Å². The molecule has 0 saturated carbocycles. The third kappa shape index (κ3) is 3.32. The lowest BCUT2D eigenvalue weighted by molar-refractivity contribution is 0.198. The van der Waals surface area contributed by atoms with Gasteiger partial charge in [-0.25, -0.2) is 9.97 Å². The van der Waals surface area contributed by atoms with Crippen LogP contribution in [0.15, 0.2) is 6.07 Å². The first kappa shape index (κ1) is 13.1. The first-order chi connectivity index (χ1) is 8.69. The molecule has 1 aliphatic heterocycles. The second kappa shape index (κ2) is 6.00. The highest BCUT2D eigenvalue weighted by Crippen LogP contribution is 2.20. The largest absolute Gasteiger partial charge is 0.391 e. The monoisotopic (exact) mass is 250 g/mol. The number of hydrogen-bond acceptors (Lipinski definition) is 5.